The summed E-state index contributed by atoms with van der Waals surface area (Å²) in [5.74, 6) is 0.539. The average molecular weight is 367 g/mol. The van der Waals surface area contributed by atoms with Crippen LogP contribution in [0.4, 0.5) is 11.4 Å². The van der Waals surface area contributed by atoms with Crippen LogP contribution in [0.5, 0.6) is 0 Å². The number of rotatable bonds is 2. The maximum Gasteiger partial charge on any atom is 0.254 e. The zero-order valence-electron chi connectivity index (χ0n) is 15.0. The zero-order valence-corrected chi connectivity index (χ0v) is 15.8. The number of likely N-dealkylation sites (N-methyl/N-ethyl adjacent to an activating group) is 1. The number of carbonyl (C=O) groups excluding carboxylic acids is 2. The Morgan fingerprint density at radius 3 is 2.76 bits per heavy atom. The topological polar surface area (TPSA) is 78.7 Å². The third kappa shape index (κ3) is 3.60. The van der Waals surface area contributed by atoms with Gasteiger partial charge in [0.2, 0.25) is 5.91 Å². The second-order valence-corrected chi connectivity index (χ2v) is 7.03. The monoisotopic (exact) mass is 366 g/mol. The van der Waals surface area contributed by atoms with Gasteiger partial charge in [0, 0.05) is 31.7 Å². The van der Waals surface area contributed by atoms with E-state index in [-0.39, 0.29) is 36.3 Å². The third-order valence-corrected chi connectivity index (χ3v) is 5.35. The molecule has 1 aromatic rings. The van der Waals surface area contributed by atoms with Gasteiger partial charge in [0.05, 0.1) is 11.4 Å². The summed E-state index contributed by atoms with van der Waals surface area (Å²) in [7, 11) is 1.89. The summed E-state index contributed by atoms with van der Waals surface area (Å²) >= 11 is 0. The third-order valence-electron chi connectivity index (χ3n) is 5.35. The van der Waals surface area contributed by atoms with Crippen LogP contribution in [0.15, 0.2) is 18.2 Å². The molecular weight excluding hydrogens is 340 g/mol. The lowest BCUT2D eigenvalue weighted by atomic mass is 9.91. The molecule has 3 atom stereocenters. The molecule has 1 fully saturated rings. The number of nitrogens with one attached hydrogen (secondary N) is 1. The van der Waals surface area contributed by atoms with Gasteiger partial charge < -0.3 is 20.9 Å². The summed E-state index contributed by atoms with van der Waals surface area (Å²) in [6.07, 6.45) is 1.95. The lowest BCUT2D eigenvalue weighted by Gasteiger charge is -2.38. The number of halogens is 1. The van der Waals surface area contributed by atoms with Gasteiger partial charge in [-0.3, -0.25) is 9.59 Å². The maximum absolute atomic E-state index is 12.9. The van der Waals surface area contributed by atoms with E-state index in [0.29, 0.717) is 23.7 Å². The van der Waals surface area contributed by atoms with Gasteiger partial charge in [-0.1, -0.05) is 6.92 Å². The van der Waals surface area contributed by atoms with Gasteiger partial charge >= 0.3 is 0 Å². The van der Waals surface area contributed by atoms with E-state index < -0.39 is 0 Å². The zero-order chi connectivity index (χ0) is 17.4. The van der Waals surface area contributed by atoms with Crippen molar-refractivity contribution in [3.05, 3.63) is 23.8 Å². The highest BCUT2D eigenvalue weighted by molar-refractivity contribution is 6.05. The summed E-state index contributed by atoms with van der Waals surface area (Å²) < 4.78 is 0. The number of piperidine rings is 1. The van der Waals surface area contributed by atoms with E-state index in [2.05, 4.69) is 12.2 Å². The molecule has 1 aromatic carbocycles. The van der Waals surface area contributed by atoms with Crippen molar-refractivity contribution in [2.75, 3.05) is 30.4 Å². The Bertz CT molecular complexity index is 666. The molecule has 0 saturated carbocycles. The van der Waals surface area contributed by atoms with Gasteiger partial charge in [0.25, 0.3) is 5.91 Å². The molecule has 0 spiro atoms. The summed E-state index contributed by atoms with van der Waals surface area (Å²) in [4.78, 5) is 28.8. The summed E-state index contributed by atoms with van der Waals surface area (Å²) in [6.45, 7) is 5.29. The Kier molecular flexibility index (Phi) is 5.95. The van der Waals surface area contributed by atoms with E-state index in [1.807, 2.05) is 35.9 Å². The molecule has 0 aromatic heterocycles. The van der Waals surface area contributed by atoms with Crippen molar-refractivity contribution in [2.24, 2.45) is 11.7 Å². The second kappa shape index (κ2) is 7.62. The number of fused-ring (bicyclic) bond motifs is 1. The first-order valence-electron chi connectivity index (χ1n) is 8.61. The molecule has 0 aliphatic carbocycles. The Hall–Kier alpha value is -1.79. The van der Waals surface area contributed by atoms with Crippen LogP contribution in [0.1, 0.15) is 37.0 Å². The molecule has 3 N–H and O–H groups in total. The van der Waals surface area contributed by atoms with Crippen molar-refractivity contribution in [2.45, 2.75) is 38.8 Å². The van der Waals surface area contributed by atoms with Gasteiger partial charge in [0.15, 0.2) is 0 Å². The normalized spacial score (nSPS) is 25.8. The quantitative estimate of drug-likeness (QED) is 0.840. The van der Waals surface area contributed by atoms with E-state index in [1.165, 1.54) is 0 Å². The molecule has 0 radical (unpaired) electrons. The fourth-order valence-corrected chi connectivity index (χ4v) is 3.61. The molecule has 25 heavy (non-hydrogen) atoms. The number of anilines is 2. The number of carbonyl (C=O) groups is 2. The molecule has 2 aliphatic heterocycles. The van der Waals surface area contributed by atoms with Crippen molar-refractivity contribution in [1.29, 1.82) is 0 Å². The lowest BCUT2D eigenvalue weighted by Crippen LogP contribution is -2.49. The van der Waals surface area contributed by atoms with E-state index in [9.17, 15) is 9.59 Å². The van der Waals surface area contributed by atoms with Crippen molar-refractivity contribution in [3.63, 3.8) is 0 Å². The smallest absolute Gasteiger partial charge is 0.254 e. The summed E-state index contributed by atoms with van der Waals surface area (Å²) in [5, 5.41) is 2.89. The van der Waals surface area contributed by atoms with Crippen molar-refractivity contribution in [1.82, 2.24) is 4.90 Å². The van der Waals surface area contributed by atoms with Crippen molar-refractivity contribution < 1.29 is 9.59 Å². The van der Waals surface area contributed by atoms with Crippen LogP contribution in [0.25, 0.3) is 0 Å². The second-order valence-electron chi connectivity index (χ2n) is 7.03. The molecule has 2 heterocycles. The summed E-state index contributed by atoms with van der Waals surface area (Å²) in [5.41, 5.74) is 8.11. The Labute approximate surface area is 155 Å². The first kappa shape index (κ1) is 19.5. The Morgan fingerprint density at radius 1 is 1.36 bits per heavy atom. The highest BCUT2D eigenvalue weighted by Gasteiger charge is 2.31. The van der Waals surface area contributed by atoms with Crippen LogP contribution in [-0.2, 0) is 4.79 Å². The molecule has 138 valence electrons. The number of nitrogens with two attached hydrogens (primary N) is 1. The fraction of sp³-hybridized carbons (Fsp3) is 0.556. The Morgan fingerprint density at radius 2 is 2.08 bits per heavy atom. The number of amides is 2. The molecular formula is C18H27ClN4O2. The number of hydrogen-bond acceptors (Lipinski definition) is 4. The van der Waals surface area contributed by atoms with E-state index >= 15 is 0 Å². The highest BCUT2D eigenvalue weighted by atomic mass is 35.5. The van der Waals surface area contributed by atoms with Crippen LogP contribution in [0.3, 0.4) is 0 Å². The van der Waals surface area contributed by atoms with Gasteiger partial charge in [-0.2, -0.15) is 0 Å². The lowest BCUT2D eigenvalue weighted by molar-refractivity contribution is -0.117. The number of nitrogens with zero attached hydrogens (tertiary/aromatic N) is 2. The largest absolute Gasteiger partial charge is 0.361 e. The molecule has 3 rings (SSSR count). The molecule has 2 aliphatic rings. The van der Waals surface area contributed by atoms with Crippen molar-refractivity contribution in [3.8, 4) is 0 Å². The van der Waals surface area contributed by atoms with Crippen LogP contribution >= 0.6 is 12.4 Å². The number of benzene rings is 1. The fourth-order valence-electron chi connectivity index (χ4n) is 3.61. The minimum Gasteiger partial charge on any atom is -0.361 e. The van der Waals surface area contributed by atoms with Crippen LogP contribution in [0, 0.1) is 5.92 Å². The SMILES string of the molecule is CC1CCN(C(=O)c2ccc3c(c2)NC(=O)C(C)N3C)C(CN)C1.Cl. The van der Waals surface area contributed by atoms with Crippen LogP contribution in [-0.4, -0.2) is 48.9 Å². The number of hydrogen-bond donors (Lipinski definition) is 2. The van der Waals surface area contributed by atoms with E-state index in [4.69, 9.17) is 5.73 Å². The van der Waals surface area contributed by atoms with Gasteiger partial charge in [0.1, 0.15) is 6.04 Å². The molecule has 2 amide bonds. The summed E-state index contributed by atoms with van der Waals surface area (Å²) in [6, 6.07) is 5.40. The van der Waals surface area contributed by atoms with Gasteiger partial charge in [-0.05, 0) is 43.9 Å². The highest BCUT2D eigenvalue weighted by Crippen LogP contribution is 2.32. The van der Waals surface area contributed by atoms with Gasteiger partial charge in [-0.15, -0.1) is 12.4 Å². The van der Waals surface area contributed by atoms with E-state index in [0.717, 1.165) is 25.1 Å². The predicted octanol–water partition coefficient (Wildman–Crippen LogP) is 2.08. The van der Waals surface area contributed by atoms with Crippen molar-refractivity contribution >= 4 is 35.6 Å². The molecule has 6 nitrogen and oxygen atoms in total. The molecule has 3 unspecified atom stereocenters. The first-order chi connectivity index (χ1) is 11.4. The van der Waals surface area contributed by atoms with E-state index in [1.54, 1.807) is 6.07 Å². The van der Waals surface area contributed by atoms with Crippen LogP contribution in [0.2, 0.25) is 0 Å². The Balaban J connectivity index is 0.00000225. The number of likely N-dealkylation sites (tertiary alicyclic amines) is 1. The maximum atomic E-state index is 12.9. The van der Waals surface area contributed by atoms with Crippen LogP contribution < -0.4 is 16.0 Å². The molecule has 7 heteroatoms. The predicted molar refractivity (Wildman–Crippen MR) is 102 cm³/mol. The average Bonchev–Trinajstić information content (AvgIpc) is 2.58. The molecule has 1 saturated heterocycles. The van der Waals surface area contributed by atoms with Gasteiger partial charge in [-0.25, -0.2) is 0 Å². The molecule has 0 bridgehead atoms. The first-order valence-corrected chi connectivity index (χ1v) is 8.61. The minimum absolute atomic E-state index is 0. The standard InChI is InChI=1S/C18H26N4O2.ClH/c1-11-6-7-22(14(8-11)10-19)18(24)13-4-5-16-15(9-13)20-17(23)12(2)21(16)3;/h4-5,9,11-12,14H,6-8,10,19H2,1-3H3,(H,20,23);1H. The minimum atomic E-state index is -0.218.